The van der Waals surface area contributed by atoms with Crippen LogP contribution in [-0.4, -0.2) is 39.8 Å². The molecule has 0 fully saturated rings. The normalized spacial score (nSPS) is 11.0. The number of carbonyl (C=O) groups is 2. The molecular formula is C14H21ClN2O5. The van der Waals surface area contributed by atoms with E-state index in [-0.39, 0.29) is 36.3 Å². The molecule has 124 valence electrons. The fraction of sp³-hybridized carbons (Fsp3) is 0.429. The van der Waals surface area contributed by atoms with Crippen molar-refractivity contribution in [1.82, 2.24) is 0 Å². The van der Waals surface area contributed by atoms with Crippen LogP contribution in [0.25, 0.3) is 0 Å². The van der Waals surface area contributed by atoms with Crippen molar-refractivity contribution in [1.29, 1.82) is 0 Å². The van der Waals surface area contributed by atoms with Gasteiger partial charge in [0, 0.05) is 12.5 Å². The molecule has 1 aromatic carbocycles. The van der Waals surface area contributed by atoms with E-state index in [4.69, 9.17) is 15.2 Å². The van der Waals surface area contributed by atoms with Crippen LogP contribution in [0.3, 0.4) is 0 Å². The van der Waals surface area contributed by atoms with Gasteiger partial charge in [-0.15, -0.1) is 12.4 Å². The summed E-state index contributed by atoms with van der Waals surface area (Å²) in [6.45, 7) is 1.91. The summed E-state index contributed by atoms with van der Waals surface area (Å²) in [4.78, 5) is 23.6. The van der Waals surface area contributed by atoms with E-state index < -0.39 is 5.97 Å². The van der Waals surface area contributed by atoms with Crippen LogP contribution in [0.15, 0.2) is 12.1 Å². The van der Waals surface area contributed by atoms with Crippen molar-refractivity contribution >= 4 is 30.0 Å². The Kier molecular flexibility index (Phi) is 8.29. The van der Waals surface area contributed by atoms with Crippen LogP contribution in [0.5, 0.6) is 11.5 Å². The van der Waals surface area contributed by atoms with Gasteiger partial charge in [-0.05, 0) is 12.1 Å². The molecular weight excluding hydrogens is 312 g/mol. The number of halogens is 1. The third-order valence-electron chi connectivity index (χ3n) is 2.96. The Balaban J connectivity index is 0.00000441. The number of methoxy groups -OCH3 is 3. The first-order valence-corrected chi connectivity index (χ1v) is 6.33. The lowest BCUT2D eigenvalue weighted by Gasteiger charge is -2.16. The summed E-state index contributed by atoms with van der Waals surface area (Å²) in [6.07, 6.45) is 0. The molecule has 1 rings (SSSR count). The van der Waals surface area contributed by atoms with Gasteiger partial charge in [0.2, 0.25) is 5.91 Å². The fourth-order valence-electron chi connectivity index (χ4n) is 1.66. The number of ether oxygens (including phenoxy) is 3. The average Bonchev–Trinajstić information content (AvgIpc) is 2.51. The van der Waals surface area contributed by atoms with Gasteiger partial charge in [0.05, 0.1) is 32.6 Å². The lowest BCUT2D eigenvalue weighted by atomic mass is 10.1. The van der Waals surface area contributed by atoms with E-state index in [0.717, 1.165) is 0 Å². The number of hydrogen-bond donors (Lipinski definition) is 2. The smallest absolute Gasteiger partial charge is 0.338 e. The zero-order valence-electron chi connectivity index (χ0n) is 13.0. The Labute approximate surface area is 135 Å². The summed E-state index contributed by atoms with van der Waals surface area (Å²) in [7, 11) is 4.15. The Morgan fingerprint density at radius 2 is 1.86 bits per heavy atom. The quantitative estimate of drug-likeness (QED) is 0.765. The zero-order chi connectivity index (χ0) is 16.0. The summed E-state index contributed by atoms with van der Waals surface area (Å²) in [5.74, 6) is -0.556. The fourth-order valence-corrected chi connectivity index (χ4v) is 1.66. The summed E-state index contributed by atoms with van der Waals surface area (Å²) >= 11 is 0. The van der Waals surface area contributed by atoms with Gasteiger partial charge in [0.1, 0.15) is 0 Å². The predicted molar refractivity (Wildman–Crippen MR) is 85.0 cm³/mol. The molecule has 7 nitrogen and oxygen atoms in total. The van der Waals surface area contributed by atoms with E-state index in [1.807, 2.05) is 0 Å². The average molecular weight is 333 g/mol. The molecule has 22 heavy (non-hydrogen) atoms. The van der Waals surface area contributed by atoms with Crippen molar-refractivity contribution in [2.75, 3.05) is 33.2 Å². The molecule has 0 heterocycles. The van der Waals surface area contributed by atoms with Crippen LogP contribution in [0.2, 0.25) is 0 Å². The van der Waals surface area contributed by atoms with Gasteiger partial charge in [-0.25, -0.2) is 4.79 Å². The number of nitrogens with one attached hydrogen (secondary N) is 1. The maximum atomic E-state index is 12.0. The molecule has 0 aliphatic rings. The van der Waals surface area contributed by atoms with Crippen molar-refractivity contribution in [2.24, 2.45) is 11.7 Å². The number of hydrogen-bond acceptors (Lipinski definition) is 6. The second-order valence-corrected chi connectivity index (χ2v) is 4.38. The second kappa shape index (κ2) is 9.11. The number of rotatable bonds is 6. The van der Waals surface area contributed by atoms with Crippen LogP contribution >= 0.6 is 12.4 Å². The Bertz CT molecular complexity index is 536. The Morgan fingerprint density at radius 1 is 1.23 bits per heavy atom. The van der Waals surface area contributed by atoms with Gasteiger partial charge in [-0.1, -0.05) is 6.92 Å². The molecule has 0 spiro atoms. The number of carbonyl (C=O) groups excluding carboxylic acids is 2. The maximum absolute atomic E-state index is 12.0. The second-order valence-electron chi connectivity index (χ2n) is 4.38. The van der Waals surface area contributed by atoms with Gasteiger partial charge >= 0.3 is 5.97 Å². The maximum Gasteiger partial charge on any atom is 0.338 e. The molecule has 0 aliphatic carbocycles. The van der Waals surface area contributed by atoms with Crippen molar-refractivity contribution in [3.8, 4) is 11.5 Å². The third kappa shape index (κ3) is 4.51. The topological polar surface area (TPSA) is 99.9 Å². The largest absolute Gasteiger partial charge is 0.493 e. The highest BCUT2D eigenvalue weighted by Gasteiger charge is 2.20. The molecule has 0 bridgehead atoms. The van der Waals surface area contributed by atoms with Crippen LogP contribution < -0.4 is 20.5 Å². The van der Waals surface area contributed by atoms with E-state index in [9.17, 15) is 9.59 Å². The summed E-state index contributed by atoms with van der Waals surface area (Å²) in [5, 5.41) is 2.67. The SMILES string of the molecule is COC(=O)c1cc(NC(=O)C(C)CN)c(OC)c(OC)c1.Cl. The van der Waals surface area contributed by atoms with Crippen LogP contribution in [0.4, 0.5) is 5.69 Å². The molecule has 0 radical (unpaired) electrons. The Hall–Kier alpha value is -1.99. The molecule has 0 saturated heterocycles. The number of nitrogens with two attached hydrogens (primary N) is 1. The molecule has 0 saturated carbocycles. The molecule has 3 N–H and O–H groups in total. The lowest BCUT2D eigenvalue weighted by Crippen LogP contribution is -2.27. The Morgan fingerprint density at radius 3 is 2.32 bits per heavy atom. The first-order valence-electron chi connectivity index (χ1n) is 6.33. The highest BCUT2D eigenvalue weighted by atomic mass is 35.5. The van der Waals surface area contributed by atoms with E-state index in [1.165, 1.54) is 33.5 Å². The highest BCUT2D eigenvalue weighted by Crippen LogP contribution is 2.37. The zero-order valence-corrected chi connectivity index (χ0v) is 13.8. The van der Waals surface area contributed by atoms with Gasteiger partial charge in [0.25, 0.3) is 0 Å². The lowest BCUT2D eigenvalue weighted by molar-refractivity contribution is -0.119. The van der Waals surface area contributed by atoms with Gasteiger partial charge in [-0.2, -0.15) is 0 Å². The summed E-state index contributed by atoms with van der Waals surface area (Å²) in [6, 6.07) is 2.95. The van der Waals surface area contributed by atoms with Crippen molar-refractivity contribution < 1.29 is 23.8 Å². The summed E-state index contributed by atoms with van der Waals surface area (Å²) < 4.78 is 15.1. The number of benzene rings is 1. The van der Waals surface area contributed by atoms with Crippen molar-refractivity contribution in [2.45, 2.75) is 6.92 Å². The standard InChI is InChI=1S/C14H20N2O5.ClH/c1-8(7-15)13(17)16-10-5-9(14(18)21-4)6-11(19-2)12(10)20-3;/h5-6,8H,7,15H2,1-4H3,(H,16,17);1H. The minimum Gasteiger partial charge on any atom is -0.493 e. The molecule has 1 aromatic rings. The van der Waals surface area contributed by atoms with Gasteiger partial charge in [-0.3, -0.25) is 4.79 Å². The van der Waals surface area contributed by atoms with Crippen LogP contribution in [0, 0.1) is 5.92 Å². The molecule has 0 aliphatic heterocycles. The molecule has 1 unspecified atom stereocenters. The molecule has 0 aromatic heterocycles. The predicted octanol–water partition coefficient (Wildman–Crippen LogP) is 1.45. The van der Waals surface area contributed by atoms with Gasteiger partial charge < -0.3 is 25.3 Å². The van der Waals surface area contributed by atoms with Crippen LogP contribution in [0.1, 0.15) is 17.3 Å². The number of esters is 1. The first kappa shape index (κ1) is 20.0. The van der Waals surface area contributed by atoms with E-state index >= 15 is 0 Å². The highest BCUT2D eigenvalue weighted by molar-refractivity contribution is 5.98. The summed E-state index contributed by atoms with van der Waals surface area (Å²) in [5.41, 5.74) is 6.03. The van der Waals surface area contributed by atoms with E-state index in [2.05, 4.69) is 10.1 Å². The minimum atomic E-state index is -0.543. The molecule has 1 atom stereocenters. The molecule has 1 amide bonds. The first-order chi connectivity index (χ1) is 9.98. The van der Waals surface area contributed by atoms with E-state index in [0.29, 0.717) is 17.2 Å². The van der Waals surface area contributed by atoms with E-state index in [1.54, 1.807) is 6.92 Å². The van der Waals surface area contributed by atoms with Crippen LogP contribution in [-0.2, 0) is 9.53 Å². The van der Waals surface area contributed by atoms with Gasteiger partial charge in [0.15, 0.2) is 11.5 Å². The number of amides is 1. The minimum absolute atomic E-state index is 0. The van der Waals surface area contributed by atoms with Crippen molar-refractivity contribution in [3.63, 3.8) is 0 Å². The number of anilines is 1. The third-order valence-corrected chi connectivity index (χ3v) is 2.96. The van der Waals surface area contributed by atoms with Crippen molar-refractivity contribution in [3.05, 3.63) is 17.7 Å². The monoisotopic (exact) mass is 332 g/mol. The molecule has 8 heteroatoms.